The number of hydrogen-bond acceptors (Lipinski definition) is 3. The molecule has 3 nitrogen and oxygen atoms in total. The smallest absolute Gasteiger partial charge is 0.132 e. The fraction of sp³-hybridized carbons (Fsp3) is 0.333. The van der Waals surface area contributed by atoms with E-state index in [2.05, 4.69) is 23.2 Å². The van der Waals surface area contributed by atoms with Crippen molar-refractivity contribution in [2.24, 2.45) is 5.41 Å². The molecule has 2 aromatic rings. The highest BCUT2D eigenvalue weighted by atomic mass is 19.1. The molecule has 3 aliphatic rings. The summed E-state index contributed by atoms with van der Waals surface area (Å²) in [6.45, 7) is 2.90. The molecule has 1 heterocycles. The van der Waals surface area contributed by atoms with Crippen LogP contribution in [0.5, 0.6) is 0 Å². The molecule has 3 atom stereocenters. The number of benzene rings is 1. The van der Waals surface area contributed by atoms with Gasteiger partial charge in [0, 0.05) is 24.0 Å². The van der Waals surface area contributed by atoms with Gasteiger partial charge in [0.05, 0.1) is 23.4 Å². The zero-order valence-electron chi connectivity index (χ0n) is 12.4. The van der Waals surface area contributed by atoms with Crippen LogP contribution in [0.25, 0.3) is 11.3 Å². The first-order valence-electron chi connectivity index (χ1n) is 7.48. The Bertz CT molecular complexity index is 862. The summed E-state index contributed by atoms with van der Waals surface area (Å²) in [4.78, 5) is 0. The van der Waals surface area contributed by atoms with Crippen LogP contribution in [0, 0.1) is 11.2 Å². The third-order valence-electron chi connectivity index (χ3n) is 5.81. The van der Waals surface area contributed by atoms with Crippen LogP contribution in [-0.4, -0.2) is 23.9 Å². The van der Waals surface area contributed by atoms with Crippen LogP contribution >= 0.6 is 0 Å². The van der Waals surface area contributed by atoms with Gasteiger partial charge in [0.2, 0.25) is 0 Å². The van der Waals surface area contributed by atoms with E-state index in [0.29, 0.717) is 23.8 Å². The first-order chi connectivity index (χ1) is 10.6. The van der Waals surface area contributed by atoms with Gasteiger partial charge in [-0.05, 0) is 23.8 Å². The number of hydrogen-bond donors (Lipinski definition) is 0. The number of aromatic nitrogens is 2. The quantitative estimate of drug-likeness (QED) is 0.815. The lowest BCUT2D eigenvalue weighted by molar-refractivity contribution is 0.111. The summed E-state index contributed by atoms with van der Waals surface area (Å²) in [5.41, 5.74) is 4.83. The largest absolute Gasteiger partial charge is 0.383 e. The summed E-state index contributed by atoms with van der Waals surface area (Å²) in [5.74, 6) is 0.156. The second kappa shape index (κ2) is 3.63. The molecule has 1 saturated carbocycles. The number of allylic oxidation sites excluding steroid dienone is 1. The maximum Gasteiger partial charge on any atom is 0.132 e. The Labute approximate surface area is 127 Å². The molecule has 3 aliphatic carbocycles. The Hall–Kier alpha value is -2.07. The van der Waals surface area contributed by atoms with Crippen molar-refractivity contribution in [3.05, 3.63) is 59.1 Å². The van der Waals surface area contributed by atoms with Crippen molar-refractivity contribution in [1.82, 2.24) is 10.2 Å². The molecule has 0 spiro atoms. The van der Waals surface area contributed by atoms with Crippen molar-refractivity contribution in [3.8, 4) is 11.3 Å². The lowest BCUT2D eigenvalue weighted by Gasteiger charge is -2.39. The summed E-state index contributed by atoms with van der Waals surface area (Å²) < 4.78 is 19.4. The van der Waals surface area contributed by atoms with E-state index in [4.69, 9.17) is 4.74 Å². The maximum absolute atomic E-state index is 14.0. The minimum absolute atomic E-state index is 0.127. The number of fused-ring (bicyclic) bond motifs is 4. The van der Waals surface area contributed by atoms with Crippen molar-refractivity contribution in [1.29, 1.82) is 0 Å². The van der Waals surface area contributed by atoms with Gasteiger partial charge < -0.3 is 4.74 Å². The Kier molecular flexibility index (Phi) is 2.06. The van der Waals surface area contributed by atoms with Gasteiger partial charge in [-0.1, -0.05) is 30.7 Å². The van der Waals surface area contributed by atoms with Crippen molar-refractivity contribution >= 4 is 0 Å². The van der Waals surface area contributed by atoms with Crippen LogP contribution in [0.4, 0.5) is 4.39 Å². The first kappa shape index (κ1) is 12.5. The van der Waals surface area contributed by atoms with Gasteiger partial charge in [0.15, 0.2) is 0 Å². The highest BCUT2D eigenvalue weighted by Gasteiger charge is 2.80. The molecular weight excluding hydrogens is 279 g/mol. The summed E-state index contributed by atoms with van der Waals surface area (Å²) in [6, 6.07) is 8.73. The van der Waals surface area contributed by atoms with Crippen molar-refractivity contribution in [2.45, 2.75) is 18.3 Å². The molecule has 1 fully saturated rings. The zero-order valence-corrected chi connectivity index (χ0v) is 12.4. The van der Waals surface area contributed by atoms with E-state index in [0.717, 1.165) is 5.69 Å². The highest BCUT2D eigenvalue weighted by molar-refractivity contribution is 5.76. The highest BCUT2D eigenvalue weighted by Crippen LogP contribution is 2.85. The molecule has 0 N–H and O–H groups in total. The Morgan fingerprint density at radius 2 is 2.09 bits per heavy atom. The third-order valence-corrected chi connectivity index (χ3v) is 5.81. The number of halogens is 1. The fourth-order valence-electron chi connectivity index (χ4n) is 4.61. The predicted molar refractivity (Wildman–Crippen MR) is 79.9 cm³/mol. The van der Waals surface area contributed by atoms with Crippen molar-refractivity contribution in [2.75, 3.05) is 13.7 Å². The normalized spacial score (nSPS) is 32.9. The van der Waals surface area contributed by atoms with Crippen LogP contribution in [0.15, 0.2) is 42.0 Å². The van der Waals surface area contributed by atoms with Gasteiger partial charge in [-0.3, -0.25) is 0 Å². The lowest BCUT2D eigenvalue weighted by atomic mass is 9.66. The number of ether oxygens (including phenoxy) is 1. The van der Waals surface area contributed by atoms with Crippen molar-refractivity contribution < 1.29 is 9.13 Å². The third kappa shape index (κ3) is 1.11. The molecule has 0 saturated heterocycles. The summed E-state index contributed by atoms with van der Waals surface area (Å²) in [5, 5.41) is 8.77. The lowest BCUT2D eigenvalue weighted by Crippen LogP contribution is -2.42. The molecule has 0 bridgehead atoms. The van der Waals surface area contributed by atoms with Crippen LogP contribution in [0.1, 0.15) is 24.1 Å². The average Bonchev–Trinajstić information content (AvgIpc) is 2.98. The van der Waals surface area contributed by atoms with E-state index in [1.54, 1.807) is 19.2 Å². The molecule has 0 amide bonds. The monoisotopic (exact) mass is 294 g/mol. The Morgan fingerprint density at radius 3 is 2.86 bits per heavy atom. The first-order valence-corrected chi connectivity index (χ1v) is 7.48. The van der Waals surface area contributed by atoms with E-state index in [-0.39, 0.29) is 16.6 Å². The molecule has 4 heteroatoms. The van der Waals surface area contributed by atoms with Gasteiger partial charge in [0.1, 0.15) is 5.82 Å². The predicted octanol–water partition coefficient (Wildman–Crippen LogP) is 3.22. The van der Waals surface area contributed by atoms with E-state index in [1.165, 1.54) is 17.2 Å². The second-order valence-electron chi connectivity index (χ2n) is 6.65. The van der Waals surface area contributed by atoms with E-state index < -0.39 is 0 Å². The second-order valence-corrected chi connectivity index (χ2v) is 6.65. The Morgan fingerprint density at radius 1 is 1.27 bits per heavy atom. The zero-order chi connectivity index (χ0) is 15.1. The molecule has 5 rings (SSSR count). The SMILES string of the molecule is COCC12C=C3C(c4cc(-c5ccccc5F)nnc41)C32C. The van der Waals surface area contributed by atoms with E-state index in [1.807, 2.05) is 12.1 Å². The molecule has 1 aromatic heterocycles. The number of nitrogens with zero attached hydrogens (tertiary/aromatic N) is 2. The minimum atomic E-state index is -0.260. The molecule has 0 radical (unpaired) electrons. The standard InChI is InChI=1S/C18H15FN2O/c1-17-12-8-18(17,9-22-2)16-11(15(12)17)7-14(20-21-16)10-5-3-4-6-13(10)19/h3-8,15H,9H2,1-2H3. The van der Waals surface area contributed by atoms with Gasteiger partial charge >= 0.3 is 0 Å². The molecule has 0 aliphatic heterocycles. The fourth-order valence-corrected chi connectivity index (χ4v) is 4.61. The van der Waals surface area contributed by atoms with Crippen LogP contribution < -0.4 is 0 Å². The molecule has 1 aromatic carbocycles. The summed E-state index contributed by atoms with van der Waals surface area (Å²) >= 11 is 0. The molecule has 3 unspecified atom stereocenters. The van der Waals surface area contributed by atoms with Gasteiger partial charge in [0.25, 0.3) is 0 Å². The Balaban J connectivity index is 1.67. The molecule has 110 valence electrons. The maximum atomic E-state index is 14.0. The number of methoxy groups -OCH3 is 1. The topological polar surface area (TPSA) is 35.0 Å². The van der Waals surface area contributed by atoms with E-state index >= 15 is 0 Å². The number of rotatable bonds is 3. The summed E-state index contributed by atoms with van der Waals surface area (Å²) in [7, 11) is 1.72. The summed E-state index contributed by atoms with van der Waals surface area (Å²) in [6.07, 6.45) is 2.29. The van der Waals surface area contributed by atoms with Gasteiger partial charge in [-0.25, -0.2) is 4.39 Å². The van der Waals surface area contributed by atoms with Crippen LogP contribution in [0.3, 0.4) is 0 Å². The molecule has 22 heavy (non-hydrogen) atoms. The average molecular weight is 294 g/mol. The molecular formula is C18H15FN2O. The van der Waals surface area contributed by atoms with Crippen LogP contribution in [0.2, 0.25) is 0 Å². The minimum Gasteiger partial charge on any atom is -0.383 e. The van der Waals surface area contributed by atoms with Crippen molar-refractivity contribution in [3.63, 3.8) is 0 Å². The van der Waals surface area contributed by atoms with Crippen LogP contribution in [-0.2, 0) is 10.2 Å². The van der Waals surface area contributed by atoms with E-state index in [9.17, 15) is 4.39 Å². The van der Waals surface area contributed by atoms with Gasteiger partial charge in [-0.2, -0.15) is 10.2 Å². The van der Waals surface area contributed by atoms with Gasteiger partial charge in [-0.15, -0.1) is 0 Å².